The predicted octanol–water partition coefficient (Wildman–Crippen LogP) is 2.50. The van der Waals surface area contributed by atoms with E-state index in [0.717, 1.165) is 58.0 Å². The van der Waals surface area contributed by atoms with Gasteiger partial charge in [-0.2, -0.15) is 0 Å². The number of guanidine groups is 1. The molecule has 0 bridgehead atoms. The Labute approximate surface area is 194 Å². The lowest BCUT2D eigenvalue weighted by Crippen LogP contribution is -2.50. The third kappa shape index (κ3) is 11.4. The van der Waals surface area contributed by atoms with Gasteiger partial charge in [-0.3, -0.25) is 14.7 Å². The highest BCUT2D eigenvalue weighted by atomic mass is 127. The van der Waals surface area contributed by atoms with Gasteiger partial charge in [0.25, 0.3) is 0 Å². The van der Waals surface area contributed by atoms with Crippen LogP contribution in [0.15, 0.2) is 4.99 Å². The molecule has 1 heterocycles. The van der Waals surface area contributed by atoms with E-state index in [4.69, 9.17) is 4.74 Å². The molecule has 1 saturated carbocycles. The van der Waals surface area contributed by atoms with Crippen LogP contribution in [0.25, 0.3) is 0 Å². The Morgan fingerprint density at radius 2 is 1.72 bits per heavy atom. The molecule has 1 saturated heterocycles. The van der Waals surface area contributed by atoms with E-state index in [0.29, 0.717) is 18.7 Å². The lowest BCUT2D eigenvalue weighted by molar-refractivity contribution is -0.122. The lowest BCUT2D eigenvalue weighted by Gasteiger charge is -2.32. The molecular weight excluding hydrogens is 481 g/mol. The number of piperidine rings is 1. The van der Waals surface area contributed by atoms with Gasteiger partial charge in [-0.25, -0.2) is 0 Å². The van der Waals surface area contributed by atoms with E-state index in [2.05, 4.69) is 32.8 Å². The van der Waals surface area contributed by atoms with Crippen molar-refractivity contribution in [3.63, 3.8) is 0 Å². The highest BCUT2D eigenvalue weighted by Gasteiger charge is 2.21. The number of ether oxygens (including phenoxy) is 1. The highest BCUT2D eigenvalue weighted by molar-refractivity contribution is 14.0. The molecule has 2 rings (SSSR count). The van der Waals surface area contributed by atoms with Gasteiger partial charge in [0.05, 0.1) is 19.3 Å². The second-order valence-corrected chi connectivity index (χ2v) is 8.03. The van der Waals surface area contributed by atoms with Crippen LogP contribution in [-0.2, 0) is 9.53 Å². The monoisotopic (exact) mass is 523 g/mol. The fourth-order valence-electron chi connectivity index (χ4n) is 3.95. The van der Waals surface area contributed by atoms with Gasteiger partial charge in [-0.05, 0) is 32.1 Å². The van der Waals surface area contributed by atoms with Crippen molar-refractivity contribution in [3.05, 3.63) is 0 Å². The maximum Gasteiger partial charge on any atom is 0.234 e. The lowest BCUT2D eigenvalue weighted by atomic mass is 10.1. The van der Waals surface area contributed by atoms with Crippen LogP contribution in [0.5, 0.6) is 0 Å². The summed E-state index contributed by atoms with van der Waals surface area (Å²) >= 11 is 0. The topological polar surface area (TPSA) is 78.0 Å². The smallest absolute Gasteiger partial charge is 0.234 e. The van der Waals surface area contributed by atoms with Gasteiger partial charge in [-0.15, -0.1) is 24.0 Å². The van der Waals surface area contributed by atoms with Crippen molar-refractivity contribution in [2.75, 3.05) is 46.4 Å². The van der Waals surface area contributed by atoms with Crippen molar-refractivity contribution in [2.45, 2.75) is 76.9 Å². The van der Waals surface area contributed by atoms with Crippen LogP contribution >= 0.6 is 24.0 Å². The second-order valence-electron chi connectivity index (χ2n) is 8.03. The van der Waals surface area contributed by atoms with E-state index in [1.165, 1.54) is 38.5 Å². The molecule has 0 aromatic carbocycles. The maximum atomic E-state index is 11.8. The Morgan fingerprint density at radius 3 is 2.34 bits per heavy atom. The zero-order valence-electron chi connectivity index (χ0n) is 18.4. The number of carbonyl (C=O) groups is 1. The molecule has 0 unspecified atom stereocenters. The minimum atomic E-state index is 0. The molecule has 29 heavy (non-hydrogen) atoms. The zero-order valence-corrected chi connectivity index (χ0v) is 20.7. The van der Waals surface area contributed by atoms with E-state index in [1.54, 1.807) is 0 Å². The molecule has 7 nitrogen and oxygen atoms in total. The van der Waals surface area contributed by atoms with Crippen molar-refractivity contribution < 1.29 is 9.53 Å². The minimum Gasteiger partial charge on any atom is -0.376 e. The van der Waals surface area contributed by atoms with Crippen LogP contribution in [0.3, 0.4) is 0 Å². The van der Waals surface area contributed by atoms with Crippen LogP contribution in [0.4, 0.5) is 0 Å². The SMILES string of the molecule is CCCNC(=O)CN1CCC(NC(=NC)NCCOC2CCCCCC2)CC1.I. The third-order valence-electron chi connectivity index (χ3n) is 5.64. The molecule has 0 atom stereocenters. The molecule has 1 aliphatic carbocycles. The van der Waals surface area contributed by atoms with Crippen molar-refractivity contribution in [3.8, 4) is 0 Å². The summed E-state index contributed by atoms with van der Waals surface area (Å²) in [6.45, 7) is 6.75. The second kappa shape index (κ2) is 16.1. The fraction of sp³-hybridized carbons (Fsp3) is 0.905. The largest absolute Gasteiger partial charge is 0.376 e. The molecule has 0 spiro atoms. The van der Waals surface area contributed by atoms with Gasteiger partial charge in [-0.1, -0.05) is 32.6 Å². The molecule has 1 aliphatic heterocycles. The summed E-state index contributed by atoms with van der Waals surface area (Å²) in [6.07, 6.45) is 11.2. The molecule has 8 heteroatoms. The molecule has 2 aliphatic rings. The molecule has 0 aromatic rings. The first-order valence-electron chi connectivity index (χ1n) is 11.3. The summed E-state index contributed by atoms with van der Waals surface area (Å²) in [6, 6.07) is 0.406. The summed E-state index contributed by atoms with van der Waals surface area (Å²) in [5, 5.41) is 9.84. The fourth-order valence-corrected chi connectivity index (χ4v) is 3.95. The summed E-state index contributed by atoms with van der Waals surface area (Å²) in [4.78, 5) is 18.4. The number of hydrogen-bond donors (Lipinski definition) is 3. The van der Waals surface area contributed by atoms with E-state index in [9.17, 15) is 4.79 Å². The normalized spacial score (nSPS) is 19.9. The summed E-state index contributed by atoms with van der Waals surface area (Å²) in [5.41, 5.74) is 0. The van der Waals surface area contributed by atoms with Gasteiger partial charge in [0.2, 0.25) is 5.91 Å². The number of aliphatic imine (C=N–C) groups is 1. The summed E-state index contributed by atoms with van der Waals surface area (Å²) in [5.74, 6) is 0.989. The first kappa shape index (κ1) is 26.4. The van der Waals surface area contributed by atoms with E-state index in [-0.39, 0.29) is 29.9 Å². The molecule has 1 amide bonds. The minimum absolute atomic E-state index is 0. The molecule has 0 radical (unpaired) electrons. The standard InChI is InChI=1S/C21H41N5O2.HI/c1-3-12-23-20(27)17-26-14-10-18(11-15-26)25-21(22-2)24-13-16-28-19-8-6-4-5-7-9-19;/h18-19H,3-17H2,1-2H3,(H,23,27)(H2,22,24,25);1H. The van der Waals surface area contributed by atoms with E-state index >= 15 is 0 Å². The molecule has 0 aromatic heterocycles. The van der Waals surface area contributed by atoms with Crippen LogP contribution in [-0.4, -0.2) is 75.3 Å². The number of hydrogen-bond acceptors (Lipinski definition) is 4. The number of amides is 1. The Kier molecular flexibility index (Phi) is 14.7. The summed E-state index contributed by atoms with van der Waals surface area (Å²) < 4.78 is 6.04. The van der Waals surface area contributed by atoms with Crippen LogP contribution in [0.1, 0.15) is 64.7 Å². The Balaban J connectivity index is 0.00000420. The van der Waals surface area contributed by atoms with Crippen LogP contribution < -0.4 is 16.0 Å². The Bertz CT molecular complexity index is 462. The van der Waals surface area contributed by atoms with Crippen LogP contribution in [0.2, 0.25) is 0 Å². The number of halogens is 1. The van der Waals surface area contributed by atoms with Crippen molar-refractivity contribution >= 4 is 35.8 Å². The number of nitrogens with one attached hydrogen (secondary N) is 3. The van der Waals surface area contributed by atoms with E-state index < -0.39 is 0 Å². The van der Waals surface area contributed by atoms with Gasteiger partial charge in [0, 0.05) is 39.3 Å². The first-order chi connectivity index (χ1) is 13.7. The molecule has 3 N–H and O–H groups in total. The van der Waals surface area contributed by atoms with Gasteiger partial charge in [0.15, 0.2) is 5.96 Å². The quantitative estimate of drug-likeness (QED) is 0.142. The van der Waals surface area contributed by atoms with Crippen LogP contribution in [0, 0.1) is 0 Å². The highest BCUT2D eigenvalue weighted by Crippen LogP contribution is 2.19. The van der Waals surface area contributed by atoms with Crippen molar-refractivity contribution in [1.82, 2.24) is 20.9 Å². The first-order valence-corrected chi connectivity index (χ1v) is 11.3. The molecular formula is C21H42IN5O2. The summed E-state index contributed by atoms with van der Waals surface area (Å²) in [7, 11) is 1.81. The number of rotatable bonds is 9. The molecule has 2 fully saturated rings. The van der Waals surface area contributed by atoms with Gasteiger partial charge >= 0.3 is 0 Å². The average molecular weight is 524 g/mol. The molecule has 170 valence electrons. The van der Waals surface area contributed by atoms with E-state index in [1.807, 2.05) is 7.05 Å². The number of nitrogens with zero attached hydrogens (tertiary/aromatic N) is 2. The maximum absolute atomic E-state index is 11.8. The number of carbonyl (C=O) groups excluding carboxylic acids is 1. The van der Waals surface area contributed by atoms with Crippen molar-refractivity contribution in [2.24, 2.45) is 4.99 Å². The van der Waals surface area contributed by atoms with Gasteiger partial charge in [0.1, 0.15) is 0 Å². The third-order valence-corrected chi connectivity index (χ3v) is 5.64. The average Bonchev–Trinajstić information content (AvgIpc) is 2.99. The van der Waals surface area contributed by atoms with Crippen molar-refractivity contribution in [1.29, 1.82) is 0 Å². The Hall–Kier alpha value is -0.610. The Morgan fingerprint density at radius 1 is 1.03 bits per heavy atom. The number of likely N-dealkylation sites (tertiary alicyclic amines) is 1. The van der Waals surface area contributed by atoms with Gasteiger partial charge < -0.3 is 20.7 Å². The zero-order chi connectivity index (χ0) is 20.0. The predicted molar refractivity (Wildman–Crippen MR) is 130 cm³/mol.